The van der Waals surface area contributed by atoms with E-state index in [1.807, 2.05) is 33.9 Å². The fourth-order valence-corrected chi connectivity index (χ4v) is 5.69. The third kappa shape index (κ3) is 9.47. The van der Waals surface area contributed by atoms with Gasteiger partial charge >= 0.3 is 18.4 Å². The lowest BCUT2D eigenvalue weighted by Crippen LogP contribution is -2.53. The first-order valence-corrected chi connectivity index (χ1v) is 16.6. The minimum Gasteiger partial charge on any atom is -0.465 e. The summed E-state index contributed by atoms with van der Waals surface area (Å²) in [5.41, 5.74) is -1.35. The number of ether oxygens (including phenoxy) is 1. The van der Waals surface area contributed by atoms with Crippen molar-refractivity contribution in [1.29, 1.82) is 0 Å². The lowest BCUT2D eigenvalue weighted by atomic mass is 10.0. The van der Waals surface area contributed by atoms with Gasteiger partial charge in [-0.1, -0.05) is 44.2 Å². The van der Waals surface area contributed by atoms with Gasteiger partial charge in [0.05, 0.1) is 34.2 Å². The number of carbonyl (C=O) groups excluding carboxylic acids is 1. The summed E-state index contributed by atoms with van der Waals surface area (Å²) >= 11 is 4.35. The minimum atomic E-state index is -4.54. The molecule has 0 spiro atoms. The number of halogens is 4. The Hall–Kier alpha value is -2.16. The number of aromatic nitrogens is 1. The Morgan fingerprint density at radius 3 is 2.10 bits per heavy atom. The Kier molecular flexibility index (Phi) is 10.3. The average molecular weight is 655 g/mol. The molecule has 0 saturated heterocycles. The van der Waals surface area contributed by atoms with Crippen molar-refractivity contribution in [2.45, 2.75) is 83.6 Å². The van der Waals surface area contributed by atoms with E-state index in [4.69, 9.17) is 9.16 Å². The molecule has 39 heavy (non-hydrogen) atoms. The highest BCUT2D eigenvalue weighted by atomic mass is 79.9. The van der Waals surface area contributed by atoms with Gasteiger partial charge in [0.15, 0.2) is 13.4 Å². The number of amides is 2. The molecular formula is C25H35BrF3N3O5SSi. The second kappa shape index (κ2) is 12.1. The molecule has 0 radical (unpaired) electrons. The van der Waals surface area contributed by atoms with Gasteiger partial charge in [-0.15, -0.1) is 0 Å². The van der Waals surface area contributed by atoms with E-state index in [2.05, 4.69) is 26.2 Å². The highest BCUT2D eigenvalue weighted by Crippen LogP contribution is 2.41. The summed E-state index contributed by atoms with van der Waals surface area (Å²) in [5, 5.41) is 12.6. The van der Waals surface area contributed by atoms with E-state index < -0.39 is 50.0 Å². The third-order valence-electron chi connectivity index (χ3n) is 6.17. The molecule has 14 heteroatoms. The van der Waals surface area contributed by atoms with E-state index >= 15 is 0 Å². The normalized spacial score (nSPS) is 14.5. The largest absolute Gasteiger partial charge is 0.465 e. The number of rotatable bonds is 8. The molecule has 2 rings (SSSR count). The summed E-state index contributed by atoms with van der Waals surface area (Å²) in [6.45, 7) is 14.6. The Balaban J connectivity index is 2.65. The second-order valence-electron chi connectivity index (χ2n) is 11.5. The highest BCUT2D eigenvalue weighted by molar-refractivity contribution is 9.11. The predicted molar refractivity (Wildman–Crippen MR) is 151 cm³/mol. The van der Waals surface area contributed by atoms with Crippen molar-refractivity contribution in [2.24, 2.45) is 0 Å². The standard InChI is InChI=1S/C25H35BrF3N3O5SSi/c1-23(2,3)36-21(33)31-17(14-32(22(34)35)20-30-13-18(26)38-20)19(37-39(7,8)24(4,5)6)15-9-11-16(12-10-15)25(27,28)29/h9-13,17,19H,14H2,1-8H3,(H,31,33)(H,34,35)/t17-,19+/m1/s1. The number of thiazole rings is 1. The maximum Gasteiger partial charge on any atom is 0.416 e. The van der Waals surface area contributed by atoms with Crippen LogP contribution < -0.4 is 10.2 Å². The fourth-order valence-electron chi connectivity index (χ4n) is 3.22. The van der Waals surface area contributed by atoms with Crippen molar-refractivity contribution in [3.05, 3.63) is 45.4 Å². The molecule has 218 valence electrons. The monoisotopic (exact) mass is 653 g/mol. The molecule has 0 bridgehead atoms. The molecule has 2 N–H and O–H groups in total. The van der Waals surface area contributed by atoms with Crippen LogP contribution in [0.5, 0.6) is 0 Å². The Labute approximate surface area is 240 Å². The number of anilines is 1. The smallest absolute Gasteiger partial charge is 0.416 e. The van der Waals surface area contributed by atoms with Crippen molar-refractivity contribution in [2.75, 3.05) is 11.4 Å². The molecule has 1 heterocycles. The summed E-state index contributed by atoms with van der Waals surface area (Å²) < 4.78 is 52.6. The van der Waals surface area contributed by atoms with Crippen molar-refractivity contribution >= 4 is 52.9 Å². The Morgan fingerprint density at radius 2 is 1.69 bits per heavy atom. The number of carbonyl (C=O) groups is 2. The molecule has 2 aromatic rings. The number of nitrogens with one attached hydrogen (secondary N) is 1. The number of hydrogen-bond acceptors (Lipinski definition) is 6. The lowest BCUT2D eigenvalue weighted by molar-refractivity contribution is -0.137. The third-order valence-corrected chi connectivity index (χ3v) is 12.1. The zero-order chi connectivity index (χ0) is 30.0. The first kappa shape index (κ1) is 33.0. The predicted octanol–water partition coefficient (Wildman–Crippen LogP) is 8.07. The number of alkyl carbamates (subject to hydrolysis) is 1. The SMILES string of the molecule is CC(C)(C)OC(=O)N[C@H](CN(C(=O)O)c1ncc(Br)s1)[C@@H](O[Si](C)(C)C(C)(C)C)c1ccc(C(F)(F)F)cc1. The minimum absolute atomic E-state index is 0.142. The van der Waals surface area contributed by atoms with Gasteiger partial charge in [-0.05, 0) is 72.5 Å². The number of carboxylic acid groups (broad SMARTS) is 1. The van der Waals surface area contributed by atoms with Crippen LogP contribution in [-0.2, 0) is 15.3 Å². The van der Waals surface area contributed by atoms with Crippen LogP contribution in [0.4, 0.5) is 27.9 Å². The van der Waals surface area contributed by atoms with Crippen molar-refractivity contribution < 1.29 is 37.0 Å². The van der Waals surface area contributed by atoms with E-state index in [0.29, 0.717) is 9.35 Å². The first-order valence-electron chi connectivity index (χ1n) is 12.1. The van der Waals surface area contributed by atoms with E-state index in [1.54, 1.807) is 20.8 Å². The zero-order valence-electron chi connectivity index (χ0n) is 23.1. The molecule has 0 unspecified atom stereocenters. The van der Waals surface area contributed by atoms with Crippen molar-refractivity contribution in [3.63, 3.8) is 0 Å². The van der Waals surface area contributed by atoms with E-state index in [1.165, 1.54) is 18.3 Å². The van der Waals surface area contributed by atoms with Gasteiger partial charge in [-0.2, -0.15) is 13.2 Å². The quantitative estimate of drug-likeness (QED) is 0.279. The molecule has 0 aliphatic carbocycles. The molecule has 2 atom stereocenters. The molecular weight excluding hydrogens is 619 g/mol. The average Bonchev–Trinajstić information content (AvgIpc) is 3.18. The molecule has 1 aromatic heterocycles. The topological polar surface area (TPSA) is 101 Å². The molecule has 0 aliphatic rings. The van der Waals surface area contributed by atoms with Gasteiger partial charge in [-0.3, -0.25) is 4.90 Å². The van der Waals surface area contributed by atoms with E-state index in [9.17, 15) is 27.9 Å². The summed E-state index contributed by atoms with van der Waals surface area (Å²) in [7, 11) is -2.62. The van der Waals surface area contributed by atoms with Gasteiger partial charge in [-0.25, -0.2) is 14.6 Å². The summed E-state index contributed by atoms with van der Waals surface area (Å²) in [4.78, 5) is 30.3. The number of benzene rings is 1. The van der Waals surface area contributed by atoms with Gasteiger partial charge in [0, 0.05) is 0 Å². The van der Waals surface area contributed by atoms with Crippen LogP contribution in [0.15, 0.2) is 34.2 Å². The molecule has 2 amide bonds. The van der Waals surface area contributed by atoms with Crippen molar-refractivity contribution in [1.82, 2.24) is 10.3 Å². The summed E-state index contributed by atoms with van der Waals surface area (Å²) in [6.07, 6.45) is -6.25. The van der Waals surface area contributed by atoms with Gasteiger partial charge < -0.3 is 19.6 Å². The van der Waals surface area contributed by atoms with Crippen LogP contribution in [0.2, 0.25) is 18.1 Å². The summed E-state index contributed by atoms with van der Waals surface area (Å²) in [6, 6.07) is 3.40. The summed E-state index contributed by atoms with van der Waals surface area (Å²) in [5.74, 6) is 0. The van der Waals surface area contributed by atoms with Crippen LogP contribution in [-0.4, -0.2) is 48.8 Å². The Bertz CT molecular complexity index is 1150. The van der Waals surface area contributed by atoms with Crippen LogP contribution >= 0.6 is 27.3 Å². The fraction of sp³-hybridized carbons (Fsp3) is 0.560. The number of hydrogen-bond donors (Lipinski definition) is 2. The highest BCUT2D eigenvalue weighted by Gasteiger charge is 2.43. The van der Waals surface area contributed by atoms with Gasteiger partial charge in [0.1, 0.15) is 5.60 Å². The maximum atomic E-state index is 13.3. The molecule has 0 aliphatic heterocycles. The molecule has 0 fully saturated rings. The van der Waals surface area contributed by atoms with Crippen LogP contribution in [0.25, 0.3) is 0 Å². The zero-order valence-corrected chi connectivity index (χ0v) is 26.5. The second-order valence-corrected chi connectivity index (χ2v) is 18.7. The van der Waals surface area contributed by atoms with Crippen LogP contribution in [0, 0.1) is 0 Å². The van der Waals surface area contributed by atoms with Gasteiger partial charge in [0.2, 0.25) is 0 Å². The van der Waals surface area contributed by atoms with Crippen LogP contribution in [0.1, 0.15) is 58.8 Å². The van der Waals surface area contributed by atoms with Crippen molar-refractivity contribution in [3.8, 4) is 0 Å². The van der Waals surface area contributed by atoms with Crippen LogP contribution in [0.3, 0.4) is 0 Å². The Morgan fingerprint density at radius 1 is 1.13 bits per heavy atom. The van der Waals surface area contributed by atoms with E-state index in [-0.39, 0.29) is 16.7 Å². The lowest BCUT2D eigenvalue weighted by Gasteiger charge is -2.42. The maximum absolute atomic E-state index is 13.3. The molecule has 8 nitrogen and oxygen atoms in total. The van der Waals surface area contributed by atoms with Gasteiger partial charge in [0.25, 0.3) is 0 Å². The molecule has 1 aromatic carbocycles. The van der Waals surface area contributed by atoms with E-state index in [0.717, 1.165) is 28.4 Å². The molecule has 0 saturated carbocycles. The first-order chi connectivity index (χ1) is 17.6. The number of nitrogens with zero attached hydrogens (tertiary/aromatic N) is 2. The number of alkyl halides is 3.